The largest absolute Gasteiger partial charge is 0.300 e. The van der Waals surface area contributed by atoms with Crippen molar-refractivity contribution >= 4 is 0 Å². The van der Waals surface area contributed by atoms with Crippen LogP contribution in [-0.4, -0.2) is 24.0 Å². The lowest BCUT2D eigenvalue weighted by atomic mass is 9.99. The molecule has 1 aliphatic heterocycles. The summed E-state index contributed by atoms with van der Waals surface area (Å²) in [6.45, 7) is 7.45. The number of rotatable bonds is 8. The SMILES string of the molecule is CCCCCC1CC2(CC2)CN1CCCCC. The van der Waals surface area contributed by atoms with Crippen LogP contribution in [0.2, 0.25) is 0 Å². The van der Waals surface area contributed by atoms with Crippen molar-refractivity contribution in [1.29, 1.82) is 0 Å². The van der Waals surface area contributed by atoms with E-state index in [1.807, 2.05) is 0 Å². The van der Waals surface area contributed by atoms with Crippen molar-refractivity contribution in [1.82, 2.24) is 4.90 Å². The molecule has 1 aliphatic carbocycles. The van der Waals surface area contributed by atoms with E-state index in [4.69, 9.17) is 0 Å². The summed E-state index contributed by atoms with van der Waals surface area (Å²) >= 11 is 0. The smallest absolute Gasteiger partial charge is 0.0101 e. The molecule has 1 saturated carbocycles. The molecule has 0 N–H and O–H groups in total. The van der Waals surface area contributed by atoms with E-state index >= 15 is 0 Å². The molecule has 17 heavy (non-hydrogen) atoms. The van der Waals surface area contributed by atoms with Crippen molar-refractivity contribution in [2.75, 3.05) is 13.1 Å². The molecule has 0 amide bonds. The zero-order chi connectivity index (χ0) is 12.1. The van der Waals surface area contributed by atoms with Crippen LogP contribution in [0.4, 0.5) is 0 Å². The highest BCUT2D eigenvalue weighted by Crippen LogP contribution is 2.55. The maximum absolute atomic E-state index is 2.85. The molecule has 0 aromatic heterocycles. The second-order valence-corrected chi connectivity index (χ2v) is 6.53. The van der Waals surface area contributed by atoms with Crippen LogP contribution in [0.5, 0.6) is 0 Å². The van der Waals surface area contributed by atoms with E-state index in [-0.39, 0.29) is 0 Å². The quantitative estimate of drug-likeness (QED) is 0.557. The van der Waals surface area contributed by atoms with E-state index in [9.17, 15) is 0 Å². The Hall–Kier alpha value is -0.0400. The van der Waals surface area contributed by atoms with Gasteiger partial charge in [0.2, 0.25) is 0 Å². The average Bonchev–Trinajstić information content (AvgIpc) is 2.97. The molecule has 1 heterocycles. The third-order valence-electron chi connectivity index (χ3n) is 4.87. The normalized spacial score (nSPS) is 26.8. The number of likely N-dealkylation sites (tertiary alicyclic amines) is 1. The molecule has 0 bridgehead atoms. The summed E-state index contributed by atoms with van der Waals surface area (Å²) in [5, 5.41) is 0. The number of hydrogen-bond acceptors (Lipinski definition) is 1. The second-order valence-electron chi connectivity index (χ2n) is 6.53. The van der Waals surface area contributed by atoms with E-state index in [1.54, 1.807) is 0 Å². The maximum Gasteiger partial charge on any atom is 0.0101 e. The fraction of sp³-hybridized carbons (Fsp3) is 1.00. The van der Waals surface area contributed by atoms with Gasteiger partial charge in [-0.05, 0) is 44.1 Å². The molecule has 1 atom stereocenters. The van der Waals surface area contributed by atoms with E-state index < -0.39 is 0 Å². The topological polar surface area (TPSA) is 3.24 Å². The first kappa shape index (κ1) is 13.4. The van der Waals surface area contributed by atoms with Gasteiger partial charge in [0.15, 0.2) is 0 Å². The van der Waals surface area contributed by atoms with Crippen LogP contribution in [0.25, 0.3) is 0 Å². The minimum Gasteiger partial charge on any atom is -0.300 e. The third-order valence-corrected chi connectivity index (χ3v) is 4.87. The van der Waals surface area contributed by atoms with Crippen molar-refractivity contribution < 1.29 is 0 Å². The van der Waals surface area contributed by atoms with Crippen LogP contribution in [-0.2, 0) is 0 Å². The predicted octanol–water partition coefficient (Wildman–Crippen LogP) is 4.61. The monoisotopic (exact) mass is 237 g/mol. The Bertz CT molecular complexity index is 200. The van der Waals surface area contributed by atoms with Crippen molar-refractivity contribution in [2.45, 2.75) is 84.1 Å². The molecular formula is C16H31N. The molecule has 0 aromatic carbocycles. The van der Waals surface area contributed by atoms with Crippen LogP contribution >= 0.6 is 0 Å². The lowest BCUT2D eigenvalue weighted by Crippen LogP contribution is -2.30. The summed E-state index contributed by atoms with van der Waals surface area (Å²) in [6.07, 6.45) is 14.5. The van der Waals surface area contributed by atoms with Gasteiger partial charge >= 0.3 is 0 Å². The predicted molar refractivity (Wildman–Crippen MR) is 75.3 cm³/mol. The molecule has 0 radical (unpaired) electrons. The van der Waals surface area contributed by atoms with Gasteiger partial charge in [-0.1, -0.05) is 46.0 Å². The summed E-state index contributed by atoms with van der Waals surface area (Å²) in [6, 6.07) is 0.945. The van der Waals surface area contributed by atoms with Crippen LogP contribution in [0.1, 0.15) is 78.1 Å². The van der Waals surface area contributed by atoms with E-state index in [0.717, 1.165) is 11.5 Å². The molecule has 2 rings (SSSR count). The summed E-state index contributed by atoms with van der Waals surface area (Å²) < 4.78 is 0. The minimum absolute atomic E-state index is 0.809. The Labute approximate surface area is 108 Å². The lowest BCUT2D eigenvalue weighted by molar-refractivity contribution is 0.230. The first-order valence-corrected chi connectivity index (χ1v) is 8.04. The van der Waals surface area contributed by atoms with Gasteiger partial charge in [-0.3, -0.25) is 4.90 Å². The van der Waals surface area contributed by atoms with E-state index in [2.05, 4.69) is 18.7 Å². The lowest BCUT2D eigenvalue weighted by Gasteiger charge is -2.24. The molecule has 2 aliphatic rings. The van der Waals surface area contributed by atoms with Gasteiger partial charge in [0, 0.05) is 12.6 Å². The fourth-order valence-electron chi connectivity index (χ4n) is 3.53. The average molecular weight is 237 g/mol. The summed E-state index contributed by atoms with van der Waals surface area (Å²) in [7, 11) is 0. The molecule has 100 valence electrons. The van der Waals surface area contributed by atoms with Crippen molar-refractivity contribution in [3.8, 4) is 0 Å². The van der Waals surface area contributed by atoms with Crippen LogP contribution in [0, 0.1) is 5.41 Å². The fourth-order valence-corrected chi connectivity index (χ4v) is 3.53. The molecule has 1 nitrogen and oxygen atoms in total. The summed E-state index contributed by atoms with van der Waals surface area (Å²) in [5.41, 5.74) is 0.809. The van der Waals surface area contributed by atoms with Gasteiger partial charge in [-0.25, -0.2) is 0 Å². The maximum atomic E-state index is 2.85. The van der Waals surface area contributed by atoms with Crippen LogP contribution in [0.3, 0.4) is 0 Å². The first-order chi connectivity index (χ1) is 8.29. The Morgan fingerprint density at radius 3 is 2.35 bits per heavy atom. The Balaban J connectivity index is 1.74. The molecule has 1 heteroatoms. The van der Waals surface area contributed by atoms with E-state index in [0.29, 0.717) is 0 Å². The molecule has 1 spiro atoms. The molecule has 1 saturated heterocycles. The van der Waals surface area contributed by atoms with Crippen LogP contribution < -0.4 is 0 Å². The van der Waals surface area contributed by atoms with Crippen LogP contribution in [0.15, 0.2) is 0 Å². The highest BCUT2D eigenvalue weighted by molar-refractivity contribution is 5.04. The number of hydrogen-bond donors (Lipinski definition) is 0. The Morgan fingerprint density at radius 1 is 1.00 bits per heavy atom. The highest BCUT2D eigenvalue weighted by atomic mass is 15.2. The van der Waals surface area contributed by atoms with Gasteiger partial charge in [-0.15, -0.1) is 0 Å². The Morgan fingerprint density at radius 2 is 1.71 bits per heavy atom. The summed E-state index contributed by atoms with van der Waals surface area (Å²) in [4.78, 5) is 2.85. The molecule has 0 aromatic rings. The van der Waals surface area contributed by atoms with Gasteiger partial charge in [0.1, 0.15) is 0 Å². The molecular weight excluding hydrogens is 206 g/mol. The van der Waals surface area contributed by atoms with Gasteiger partial charge in [-0.2, -0.15) is 0 Å². The van der Waals surface area contributed by atoms with Crippen molar-refractivity contribution in [3.63, 3.8) is 0 Å². The van der Waals surface area contributed by atoms with Crippen molar-refractivity contribution in [2.24, 2.45) is 5.41 Å². The standard InChI is InChI=1S/C16H31N/c1-3-5-7-9-15-13-16(10-11-16)14-17(15)12-8-6-4-2/h15H,3-14H2,1-2H3. The zero-order valence-corrected chi connectivity index (χ0v) is 12.0. The number of unbranched alkanes of at least 4 members (excludes halogenated alkanes) is 4. The zero-order valence-electron chi connectivity index (χ0n) is 12.0. The highest BCUT2D eigenvalue weighted by Gasteiger charge is 2.51. The number of nitrogens with zero attached hydrogens (tertiary/aromatic N) is 1. The Kier molecular flexibility index (Phi) is 4.90. The molecule has 2 fully saturated rings. The first-order valence-electron chi connectivity index (χ1n) is 8.04. The van der Waals surface area contributed by atoms with Gasteiger partial charge in [0.05, 0.1) is 0 Å². The molecule has 1 unspecified atom stereocenters. The van der Waals surface area contributed by atoms with Gasteiger partial charge in [0.25, 0.3) is 0 Å². The third kappa shape index (κ3) is 3.71. The second kappa shape index (κ2) is 6.22. The van der Waals surface area contributed by atoms with E-state index in [1.165, 1.54) is 77.3 Å². The minimum atomic E-state index is 0.809. The van der Waals surface area contributed by atoms with Gasteiger partial charge < -0.3 is 0 Å². The summed E-state index contributed by atoms with van der Waals surface area (Å²) in [5.74, 6) is 0. The van der Waals surface area contributed by atoms with Crippen molar-refractivity contribution in [3.05, 3.63) is 0 Å².